The molecule has 0 bridgehead atoms. The summed E-state index contributed by atoms with van der Waals surface area (Å²) < 4.78 is 15.7. The number of benzene rings is 2. The molecule has 8 heteroatoms. The van der Waals surface area contributed by atoms with E-state index < -0.39 is 29.7 Å². The lowest BCUT2D eigenvalue weighted by Crippen LogP contribution is -2.39. The van der Waals surface area contributed by atoms with Gasteiger partial charge in [-0.05, 0) is 42.5 Å². The van der Waals surface area contributed by atoms with Crippen LogP contribution in [0.15, 0.2) is 48.5 Å². The van der Waals surface area contributed by atoms with Crippen molar-refractivity contribution in [2.45, 2.75) is 50.3 Å². The second-order valence-electron chi connectivity index (χ2n) is 9.30. The van der Waals surface area contributed by atoms with E-state index in [1.807, 2.05) is 24.3 Å². The van der Waals surface area contributed by atoms with Gasteiger partial charge in [0, 0.05) is 18.5 Å². The molecule has 1 fully saturated rings. The van der Waals surface area contributed by atoms with Crippen LogP contribution in [0.4, 0.5) is 4.79 Å². The van der Waals surface area contributed by atoms with Crippen LogP contribution in [0, 0.1) is 0 Å². The number of hydrogen-bond donors (Lipinski definition) is 2. The second-order valence-corrected chi connectivity index (χ2v) is 9.30. The number of nitrogens with one attached hydrogen (secondary N) is 2. The van der Waals surface area contributed by atoms with Gasteiger partial charge in [-0.2, -0.15) is 0 Å². The number of alkyl carbamates (subject to hydrolysis) is 1. The molecule has 0 aromatic heterocycles. The van der Waals surface area contributed by atoms with Gasteiger partial charge in [-0.3, -0.25) is 9.59 Å². The molecule has 2 aliphatic rings. The van der Waals surface area contributed by atoms with Crippen molar-refractivity contribution >= 4 is 18.0 Å². The first-order chi connectivity index (χ1) is 16.3. The lowest BCUT2D eigenvalue weighted by molar-refractivity contribution is -0.163. The van der Waals surface area contributed by atoms with E-state index in [1.165, 1.54) is 18.2 Å². The summed E-state index contributed by atoms with van der Waals surface area (Å²) in [5.74, 6) is -0.933. The minimum absolute atomic E-state index is 0.0142. The quantitative estimate of drug-likeness (QED) is 0.477. The molecule has 34 heavy (non-hydrogen) atoms. The van der Waals surface area contributed by atoms with E-state index >= 15 is 0 Å². The van der Waals surface area contributed by atoms with E-state index in [-0.39, 0.29) is 25.0 Å². The van der Waals surface area contributed by atoms with Crippen LogP contribution in [0.3, 0.4) is 0 Å². The summed E-state index contributed by atoms with van der Waals surface area (Å²) in [6.07, 6.45) is -0.186. The second kappa shape index (κ2) is 9.85. The number of fused-ring (bicyclic) bond motifs is 3. The van der Waals surface area contributed by atoms with Crippen LogP contribution >= 0.6 is 0 Å². The van der Waals surface area contributed by atoms with Crippen molar-refractivity contribution in [3.05, 3.63) is 59.7 Å². The van der Waals surface area contributed by atoms with Crippen molar-refractivity contribution in [3.63, 3.8) is 0 Å². The van der Waals surface area contributed by atoms with Crippen LogP contribution in [0.5, 0.6) is 0 Å². The Morgan fingerprint density at radius 1 is 1.03 bits per heavy atom. The van der Waals surface area contributed by atoms with Crippen LogP contribution in [0.1, 0.15) is 43.7 Å². The predicted octanol–water partition coefficient (Wildman–Crippen LogP) is 3.14. The normalized spacial score (nSPS) is 19.1. The first kappa shape index (κ1) is 23.8. The number of methoxy groups -OCH3 is 1. The summed E-state index contributed by atoms with van der Waals surface area (Å²) in [6, 6.07) is 15.5. The van der Waals surface area contributed by atoms with Crippen LogP contribution in [0.2, 0.25) is 0 Å². The fourth-order valence-electron chi connectivity index (χ4n) is 4.63. The van der Waals surface area contributed by atoms with Gasteiger partial charge in [-0.1, -0.05) is 48.5 Å². The molecule has 1 amide bonds. The molecule has 1 aliphatic heterocycles. The minimum Gasteiger partial charge on any atom is -0.469 e. The van der Waals surface area contributed by atoms with Crippen molar-refractivity contribution in [3.8, 4) is 11.1 Å². The van der Waals surface area contributed by atoms with Crippen molar-refractivity contribution in [2.24, 2.45) is 0 Å². The molecule has 180 valence electrons. The zero-order valence-corrected chi connectivity index (χ0v) is 19.6. The topological polar surface area (TPSA) is 103 Å². The molecule has 4 rings (SSSR count). The van der Waals surface area contributed by atoms with Crippen molar-refractivity contribution in [1.82, 2.24) is 10.6 Å². The Labute approximate surface area is 199 Å². The maximum absolute atomic E-state index is 12.5. The van der Waals surface area contributed by atoms with E-state index in [0.29, 0.717) is 13.0 Å². The minimum atomic E-state index is -0.982. The molecule has 1 heterocycles. The number of rotatable bonds is 7. The molecule has 0 saturated carbocycles. The summed E-state index contributed by atoms with van der Waals surface area (Å²) in [4.78, 5) is 36.5. The van der Waals surface area contributed by atoms with Crippen LogP contribution in [0.25, 0.3) is 11.1 Å². The molecule has 0 radical (unpaired) electrons. The molecular formula is C26H30N2O6. The summed E-state index contributed by atoms with van der Waals surface area (Å²) in [5, 5.41) is 5.90. The Kier molecular flexibility index (Phi) is 6.88. The number of amides is 1. The Bertz CT molecular complexity index is 1040. The lowest BCUT2D eigenvalue weighted by Gasteiger charge is -2.25. The highest BCUT2D eigenvalue weighted by molar-refractivity contribution is 5.79. The number of hydrogen-bond acceptors (Lipinski definition) is 7. The molecule has 0 unspecified atom stereocenters. The number of ether oxygens (including phenoxy) is 3. The number of carbonyl (C=O) groups is 3. The first-order valence-electron chi connectivity index (χ1n) is 11.4. The lowest BCUT2D eigenvalue weighted by atomic mass is 9.98. The van der Waals surface area contributed by atoms with Gasteiger partial charge in [0.1, 0.15) is 18.2 Å². The fourth-order valence-corrected chi connectivity index (χ4v) is 4.63. The maximum atomic E-state index is 12.5. The Morgan fingerprint density at radius 3 is 2.26 bits per heavy atom. The average Bonchev–Trinajstić information content (AvgIpc) is 3.40. The summed E-state index contributed by atoms with van der Waals surface area (Å²) >= 11 is 0. The first-order valence-corrected chi connectivity index (χ1v) is 11.4. The molecule has 1 saturated heterocycles. The molecule has 2 N–H and O–H groups in total. The Hall–Kier alpha value is -3.39. The van der Waals surface area contributed by atoms with Crippen molar-refractivity contribution in [2.75, 3.05) is 20.3 Å². The van der Waals surface area contributed by atoms with Gasteiger partial charge in [0.2, 0.25) is 0 Å². The van der Waals surface area contributed by atoms with Crippen molar-refractivity contribution < 1.29 is 28.6 Å². The zero-order valence-electron chi connectivity index (χ0n) is 19.6. The van der Waals surface area contributed by atoms with Gasteiger partial charge in [-0.15, -0.1) is 0 Å². The van der Waals surface area contributed by atoms with Crippen LogP contribution in [-0.4, -0.2) is 56.0 Å². The van der Waals surface area contributed by atoms with E-state index in [1.54, 1.807) is 13.8 Å². The highest BCUT2D eigenvalue weighted by atomic mass is 16.6. The molecule has 2 aromatic carbocycles. The molecule has 1 aliphatic carbocycles. The average molecular weight is 467 g/mol. The SMILES string of the molecule is COC(=O)CC(C)(C)OC(=O)[C@@H]1C[C@@H](NC(=O)OCC2c3ccccc3-c3ccccc32)CN1. The largest absolute Gasteiger partial charge is 0.469 e. The van der Waals surface area contributed by atoms with Crippen molar-refractivity contribution in [1.29, 1.82) is 0 Å². The molecule has 8 nitrogen and oxygen atoms in total. The summed E-state index contributed by atoms with van der Waals surface area (Å²) in [7, 11) is 1.29. The van der Waals surface area contributed by atoms with Gasteiger partial charge in [0.15, 0.2) is 0 Å². The molecule has 2 aromatic rings. The van der Waals surface area contributed by atoms with Gasteiger partial charge in [-0.25, -0.2) is 4.79 Å². The van der Waals surface area contributed by atoms with Gasteiger partial charge in [0.05, 0.1) is 13.5 Å². The van der Waals surface area contributed by atoms with Gasteiger partial charge >= 0.3 is 18.0 Å². The molecular weight excluding hydrogens is 436 g/mol. The van der Waals surface area contributed by atoms with E-state index in [0.717, 1.165) is 11.1 Å². The van der Waals surface area contributed by atoms with Crippen LogP contribution < -0.4 is 10.6 Å². The smallest absolute Gasteiger partial charge is 0.407 e. The van der Waals surface area contributed by atoms with E-state index in [4.69, 9.17) is 9.47 Å². The van der Waals surface area contributed by atoms with E-state index in [9.17, 15) is 14.4 Å². The Morgan fingerprint density at radius 2 is 1.65 bits per heavy atom. The van der Waals surface area contributed by atoms with E-state index in [2.05, 4.69) is 39.6 Å². The number of carbonyl (C=O) groups excluding carboxylic acids is 3. The third-order valence-corrected chi connectivity index (χ3v) is 6.26. The standard InChI is InChI=1S/C26H30N2O6/c1-26(2,13-23(29)32-3)34-24(30)22-12-16(14-27-22)28-25(31)33-15-21-19-10-6-4-8-17(19)18-9-5-7-11-20(18)21/h4-11,16,21-22,27H,12-15H2,1-3H3,(H,28,31)/t16-,22+/m1/s1. The fraction of sp³-hybridized carbons (Fsp3) is 0.423. The molecule has 2 atom stereocenters. The monoisotopic (exact) mass is 466 g/mol. The summed E-state index contributed by atoms with van der Waals surface area (Å²) in [5.41, 5.74) is 3.66. The third kappa shape index (κ3) is 5.22. The van der Waals surface area contributed by atoms with Gasteiger partial charge < -0.3 is 24.8 Å². The highest BCUT2D eigenvalue weighted by Crippen LogP contribution is 2.44. The maximum Gasteiger partial charge on any atom is 0.407 e. The van der Waals surface area contributed by atoms with Gasteiger partial charge in [0.25, 0.3) is 0 Å². The third-order valence-electron chi connectivity index (χ3n) is 6.26. The molecule has 0 spiro atoms. The zero-order chi connectivity index (χ0) is 24.3. The van der Waals surface area contributed by atoms with Crippen LogP contribution in [-0.2, 0) is 23.8 Å². The Balaban J connectivity index is 1.28. The predicted molar refractivity (Wildman–Crippen MR) is 125 cm³/mol. The highest BCUT2D eigenvalue weighted by Gasteiger charge is 2.36. The number of esters is 2. The summed E-state index contributed by atoms with van der Waals surface area (Å²) in [6.45, 7) is 3.96.